The minimum absolute atomic E-state index is 0.139. The average molecular weight is 351 g/mol. The molecule has 0 aromatic carbocycles. The smallest absolute Gasteiger partial charge is 0.224 e. The van der Waals surface area contributed by atoms with Gasteiger partial charge in [0.25, 0.3) is 0 Å². The molecular formula is C4H4BrClF3I. The van der Waals surface area contributed by atoms with Gasteiger partial charge < -0.3 is 0 Å². The van der Waals surface area contributed by atoms with Crippen LogP contribution in [0.25, 0.3) is 0 Å². The largest absolute Gasteiger partial charge is 0.339 e. The zero-order valence-corrected chi connectivity index (χ0v) is 9.18. The molecule has 0 aromatic rings. The van der Waals surface area contributed by atoms with E-state index >= 15 is 0 Å². The van der Waals surface area contributed by atoms with E-state index < -0.39 is 14.9 Å². The van der Waals surface area contributed by atoms with Crippen molar-refractivity contribution in [3.8, 4) is 0 Å². The van der Waals surface area contributed by atoms with E-state index in [0.717, 1.165) is 22.6 Å². The molecular weight excluding hydrogens is 347 g/mol. The van der Waals surface area contributed by atoms with Gasteiger partial charge in [-0.2, -0.15) is 8.78 Å². The van der Waals surface area contributed by atoms with Gasteiger partial charge in [-0.3, -0.25) is 0 Å². The molecule has 0 heterocycles. The molecule has 0 radical (unpaired) electrons. The highest BCUT2D eigenvalue weighted by atomic mass is 127. The molecule has 0 rings (SSSR count). The maximum atomic E-state index is 12.7. The van der Waals surface area contributed by atoms with Crippen LogP contribution in [0.4, 0.5) is 13.2 Å². The van der Waals surface area contributed by atoms with E-state index in [0.29, 0.717) is 0 Å². The Labute approximate surface area is 83.8 Å². The van der Waals surface area contributed by atoms with Gasteiger partial charge in [0.15, 0.2) is 0 Å². The molecule has 0 aliphatic heterocycles. The van der Waals surface area contributed by atoms with Crippen molar-refractivity contribution in [3.05, 3.63) is 0 Å². The van der Waals surface area contributed by atoms with Crippen molar-refractivity contribution in [3.63, 3.8) is 0 Å². The van der Waals surface area contributed by atoms with Crippen LogP contribution in [0.15, 0.2) is 0 Å². The van der Waals surface area contributed by atoms with Crippen molar-refractivity contribution in [1.29, 1.82) is 0 Å². The first-order valence-electron chi connectivity index (χ1n) is 2.32. The normalized spacial score (nSPS) is 18.6. The molecule has 0 nitrogen and oxygen atoms in total. The Morgan fingerprint density at radius 1 is 1.40 bits per heavy atom. The predicted molar refractivity (Wildman–Crippen MR) is 47.1 cm³/mol. The molecule has 0 aromatic heterocycles. The van der Waals surface area contributed by atoms with Crippen LogP contribution >= 0.6 is 50.1 Å². The van der Waals surface area contributed by atoms with Crippen molar-refractivity contribution in [1.82, 2.24) is 0 Å². The summed E-state index contributed by atoms with van der Waals surface area (Å²) < 4.78 is 31.0. The fourth-order valence-corrected chi connectivity index (χ4v) is 1.22. The Hall–Kier alpha value is 1.29. The third-order valence-corrected chi connectivity index (χ3v) is 3.50. The lowest BCUT2D eigenvalue weighted by atomic mass is 10.3. The molecule has 1 unspecified atom stereocenters. The summed E-state index contributed by atoms with van der Waals surface area (Å²) in [4.78, 5) is 0. The summed E-state index contributed by atoms with van der Waals surface area (Å²) in [6, 6.07) is 0. The number of rotatable bonds is 3. The Morgan fingerprint density at radius 2 is 1.80 bits per heavy atom. The first-order valence-corrected chi connectivity index (χ1v) is 4.72. The third-order valence-electron chi connectivity index (χ3n) is 0.823. The monoisotopic (exact) mass is 350 g/mol. The minimum atomic E-state index is -3.42. The van der Waals surface area contributed by atoms with Gasteiger partial charge >= 0.3 is 3.93 Å². The van der Waals surface area contributed by atoms with Crippen LogP contribution < -0.4 is 0 Å². The quantitative estimate of drug-likeness (QED) is 0.537. The molecule has 1 atom stereocenters. The number of hydrogen-bond donors (Lipinski definition) is 0. The predicted octanol–water partition coefficient (Wildman–Crippen LogP) is 3.70. The second-order valence-corrected chi connectivity index (χ2v) is 4.63. The van der Waals surface area contributed by atoms with Gasteiger partial charge in [0, 0.05) is 34.9 Å². The maximum Gasteiger partial charge on any atom is 0.339 e. The molecule has 0 bridgehead atoms. The molecule has 0 fully saturated rings. The van der Waals surface area contributed by atoms with Gasteiger partial charge in [-0.1, -0.05) is 0 Å². The van der Waals surface area contributed by atoms with E-state index in [2.05, 4.69) is 15.9 Å². The summed E-state index contributed by atoms with van der Waals surface area (Å²) >= 11 is 8.07. The van der Waals surface area contributed by atoms with Crippen molar-refractivity contribution in [2.24, 2.45) is 0 Å². The average Bonchev–Trinajstić information content (AvgIpc) is 1.61. The van der Waals surface area contributed by atoms with E-state index in [1.54, 1.807) is 0 Å². The molecule has 0 aliphatic rings. The Balaban J connectivity index is 4.10. The minimum Gasteiger partial charge on any atom is -0.224 e. The van der Waals surface area contributed by atoms with Gasteiger partial charge in [-0.15, -0.1) is 11.6 Å². The second kappa shape index (κ2) is 3.80. The van der Waals surface area contributed by atoms with Gasteiger partial charge in [-0.25, -0.2) is 4.39 Å². The second-order valence-electron chi connectivity index (χ2n) is 1.64. The van der Waals surface area contributed by atoms with E-state index in [4.69, 9.17) is 11.6 Å². The highest BCUT2D eigenvalue weighted by molar-refractivity contribution is 14.1. The van der Waals surface area contributed by atoms with Crippen LogP contribution in [0, 0.1) is 0 Å². The Morgan fingerprint density at radius 3 is 1.90 bits per heavy atom. The fourth-order valence-electron chi connectivity index (χ4n) is 0.260. The Bertz CT molecular complexity index is 114. The van der Waals surface area contributed by atoms with Gasteiger partial charge in [0.05, 0.1) is 0 Å². The van der Waals surface area contributed by atoms with Crippen LogP contribution in [0.3, 0.4) is 0 Å². The van der Waals surface area contributed by atoms with Crippen LogP contribution in [0.5, 0.6) is 0 Å². The summed E-state index contributed by atoms with van der Waals surface area (Å²) in [5.74, 6) is -0.139. The number of halogens is 6. The fraction of sp³-hybridized carbons (Fsp3) is 1.00. The summed E-state index contributed by atoms with van der Waals surface area (Å²) in [7, 11) is 0. The summed E-state index contributed by atoms with van der Waals surface area (Å²) in [5, 5.41) is 0. The number of alkyl halides is 6. The lowest BCUT2D eigenvalue weighted by Gasteiger charge is -2.22. The lowest BCUT2D eigenvalue weighted by Crippen LogP contribution is -2.33. The van der Waals surface area contributed by atoms with Crippen LogP contribution in [-0.4, -0.2) is 14.4 Å². The van der Waals surface area contributed by atoms with Crippen molar-refractivity contribution < 1.29 is 13.2 Å². The number of hydrogen-bond acceptors (Lipinski definition) is 0. The molecule has 62 valence electrons. The molecule has 0 spiro atoms. The third kappa shape index (κ3) is 3.13. The van der Waals surface area contributed by atoms with Crippen molar-refractivity contribution in [2.45, 2.75) is 14.9 Å². The topological polar surface area (TPSA) is 0 Å². The Kier molecular flexibility index (Phi) is 4.29. The van der Waals surface area contributed by atoms with Crippen molar-refractivity contribution >= 4 is 50.1 Å². The van der Waals surface area contributed by atoms with Crippen LogP contribution in [-0.2, 0) is 0 Å². The lowest BCUT2D eigenvalue weighted by molar-refractivity contribution is 0.0135. The zero-order valence-electron chi connectivity index (χ0n) is 4.68. The molecule has 0 saturated carbocycles. The standard InChI is InChI=1S/C4H4BrClF3I/c5-3(7,1-2-6)4(8,9)10/h1-2H2. The van der Waals surface area contributed by atoms with Gasteiger partial charge in [0.2, 0.25) is 4.58 Å². The highest BCUT2D eigenvalue weighted by Gasteiger charge is 2.50. The van der Waals surface area contributed by atoms with Crippen molar-refractivity contribution in [2.75, 3.05) is 5.88 Å². The summed E-state index contributed by atoms with van der Waals surface area (Å²) in [5.41, 5.74) is 0. The van der Waals surface area contributed by atoms with Gasteiger partial charge in [0.1, 0.15) is 0 Å². The highest BCUT2D eigenvalue weighted by Crippen LogP contribution is 2.45. The van der Waals surface area contributed by atoms with Gasteiger partial charge in [-0.05, 0) is 15.9 Å². The van der Waals surface area contributed by atoms with Crippen LogP contribution in [0.2, 0.25) is 0 Å². The molecule has 0 aliphatic carbocycles. The molecule has 10 heavy (non-hydrogen) atoms. The first-order chi connectivity index (χ1) is 4.31. The molecule has 0 saturated heterocycles. The van der Waals surface area contributed by atoms with E-state index in [-0.39, 0.29) is 5.88 Å². The SMILES string of the molecule is FC(F)(I)C(F)(Br)CCCl. The van der Waals surface area contributed by atoms with E-state index in [1.165, 1.54) is 0 Å². The summed E-state index contributed by atoms with van der Waals surface area (Å²) in [6.07, 6.45) is -0.412. The molecule has 0 amide bonds. The summed E-state index contributed by atoms with van der Waals surface area (Å²) in [6.45, 7) is 0. The molecule has 0 N–H and O–H groups in total. The van der Waals surface area contributed by atoms with E-state index in [9.17, 15) is 13.2 Å². The zero-order chi connectivity index (χ0) is 8.41. The molecule has 6 heteroatoms. The van der Waals surface area contributed by atoms with E-state index in [1.807, 2.05) is 0 Å². The first kappa shape index (κ1) is 11.3. The maximum absolute atomic E-state index is 12.7. The van der Waals surface area contributed by atoms with Crippen LogP contribution in [0.1, 0.15) is 6.42 Å².